The molecule has 0 aliphatic carbocycles. The molecule has 0 fully saturated rings. The predicted molar refractivity (Wildman–Crippen MR) is 135 cm³/mol. The van der Waals surface area contributed by atoms with Gasteiger partial charge in [-0.05, 0) is 66.6 Å². The second kappa shape index (κ2) is 10.6. The molecule has 0 unspecified atom stereocenters. The topological polar surface area (TPSA) is 99.8 Å². The van der Waals surface area contributed by atoms with Gasteiger partial charge in [-0.25, -0.2) is 14.8 Å². The molecule has 186 valence electrons. The van der Waals surface area contributed by atoms with Gasteiger partial charge in [0.05, 0.1) is 22.5 Å². The molecule has 2 heterocycles. The van der Waals surface area contributed by atoms with Crippen LogP contribution in [0, 0.1) is 0 Å². The van der Waals surface area contributed by atoms with E-state index in [-0.39, 0.29) is 11.2 Å². The van der Waals surface area contributed by atoms with Crippen LogP contribution in [-0.4, -0.2) is 27.2 Å². The molecule has 2 aromatic carbocycles. The number of thioether (sulfide) groups is 1. The average molecular weight is 534 g/mol. The molecule has 36 heavy (non-hydrogen) atoms. The summed E-state index contributed by atoms with van der Waals surface area (Å²) in [5.41, 5.74) is 2.14. The van der Waals surface area contributed by atoms with Gasteiger partial charge in [-0.2, -0.15) is 13.2 Å². The van der Waals surface area contributed by atoms with Crippen LogP contribution in [0.3, 0.4) is 0 Å². The maximum atomic E-state index is 13.1. The summed E-state index contributed by atoms with van der Waals surface area (Å²) in [6, 6.07) is 9.87. The van der Waals surface area contributed by atoms with E-state index in [0.717, 1.165) is 28.2 Å². The van der Waals surface area contributed by atoms with Crippen molar-refractivity contribution in [3.05, 3.63) is 86.9 Å². The van der Waals surface area contributed by atoms with Gasteiger partial charge in [0.25, 0.3) is 5.56 Å². The van der Waals surface area contributed by atoms with Gasteiger partial charge in [0.15, 0.2) is 5.65 Å². The number of aromatic nitrogens is 3. The van der Waals surface area contributed by atoms with E-state index in [1.165, 1.54) is 24.0 Å². The number of aromatic amines is 1. The molecule has 4 aromatic rings. The lowest BCUT2D eigenvalue weighted by atomic mass is 10.0. The first kappa shape index (κ1) is 25.5. The minimum atomic E-state index is -4.64. The summed E-state index contributed by atoms with van der Waals surface area (Å²) < 4.78 is 39.2. The average Bonchev–Trinajstić information content (AvgIpc) is 2.83. The molecule has 7 nitrogen and oxygen atoms in total. The second-order valence-corrected chi connectivity index (χ2v) is 8.98. The molecule has 0 aliphatic heterocycles. The Balaban J connectivity index is 1.45. The van der Waals surface area contributed by atoms with E-state index in [0.29, 0.717) is 29.7 Å². The van der Waals surface area contributed by atoms with E-state index in [9.17, 15) is 22.8 Å². The second-order valence-electron chi connectivity index (χ2n) is 7.72. The van der Waals surface area contributed by atoms with E-state index in [4.69, 9.17) is 11.6 Å². The number of carbonyl (C=O) groups is 1. The molecule has 0 bridgehead atoms. The Morgan fingerprint density at radius 2 is 1.89 bits per heavy atom. The highest BCUT2D eigenvalue weighted by molar-refractivity contribution is 7.98. The predicted octanol–water partition coefficient (Wildman–Crippen LogP) is 6.14. The number of urea groups is 1. The number of aryl methyl sites for hydroxylation is 2. The van der Waals surface area contributed by atoms with Crippen molar-refractivity contribution in [2.75, 3.05) is 16.9 Å². The fraction of sp³-hybridized carbons (Fsp3) is 0.167. The third-order valence-corrected chi connectivity index (χ3v) is 6.39. The maximum Gasteiger partial charge on any atom is 0.417 e. The highest BCUT2D eigenvalue weighted by Crippen LogP contribution is 2.36. The molecule has 3 N–H and O–H groups in total. The van der Waals surface area contributed by atoms with Gasteiger partial charge in [0, 0.05) is 16.8 Å². The number of carbonyl (C=O) groups excluding carboxylic acids is 1. The Hall–Kier alpha value is -3.57. The lowest BCUT2D eigenvalue weighted by Crippen LogP contribution is -2.20. The Kier molecular flexibility index (Phi) is 7.51. The summed E-state index contributed by atoms with van der Waals surface area (Å²) in [5, 5.41) is 4.64. The van der Waals surface area contributed by atoms with E-state index >= 15 is 0 Å². The van der Waals surface area contributed by atoms with Crippen LogP contribution in [0.5, 0.6) is 0 Å². The van der Waals surface area contributed by atoms with Crippen molar-refractivity contribution in [2.24, 2.45) is 0 Å². The SMILES string of the molecule is CSc1cc(CCc2ccnc3[nH]c(=O)cnc23)ccc1NC(=O)Nc1ccc(Cl)c(C(F)(F)F)c1. The summed E-state index contributed by atoms with van der Waals surface area (Å²) in [5.74, 6) is 0. The van der Waals surface area contributed by atoms with Crippen molar-refractivity contribution in [2.45, 2.75) is 23.9 Å². The number of pyridine rings is 1. The number of fused-ring (bicyclic) bond motifs is 1. The van der Waals surface area contributed by atoms with Crippen molar-refractivity contribution >= 4 is 51.9 Å². The molecule has 0 atom stereocenters. The van der Waals surface area contributed by atoms with Crippen LogP contribution in [-0.2, 0) is 19.0 Å². The Morgan fingerprint density at radius 1 is 1.08 bits per heavy atom. The lowest BCUT2D eigenvalue weighted by Gasteiger charge is -2.14. The molecule has 4 rings (SSSR count). The van der Waals surface area contributed by atoms with E-state index in [1.54, 1.807) is 12.3 Å². The number of hydrogen-bond acceptors (Lipinski definition) is 5. The first-order chi connectivity index (χ1) is 17.1. The van der Waals surface area contributed by atoms with Crippen LogP contribution < -0.4 is 16.2 Å². The first-order valence-corrected chi connectivity index (χ1v) is 12.2. The number of amides is 2. The highest BCUT2D eigenvalue weighted by Gasteiger charge is 2.33. The molecular weight excluding hydrogens is 515 g/mol. The van der Waals surface area contributed by atoms with Crippen LogP contribution in [0.25, 0.3) is 11.2 Å². The molecule has 0 spiro atoms. The molecule has 2 aromatic heterocycles. The van der Waals surface area contributed by atoms with Gasteiger partial charge in [-0.3, -0.25) is 4.79 Å². The van der Waals surface area contributed by atoms with Crippen molar-refractivity contribution in [3.63, 3.8) is 0 Å². The number of H-pyrrole nitrogens is 1. The maximum absolute atomic E-state index is 13.1. The number of nitrogens with zero attached hydrogens (tertiary/aromatic N) is 2. The van der Waals surface area contributed by atoms with Crippen molar-refractivity contribution in [1.82, 2.24) is 15.0 Å². The number of alkyl halides is 3. The number of hydrogen-bond donors (Lipinski definition) is 3. The molecular formula is C24H19ClF3N5O2S. The number of benzene rings is 2. The zero-order valence-electron chi connectivity index (χ0n) is 18.7. The van der Waals surface area contributed by atoms with Gasteiger partial charge in [0.2, 0.25) is 0 Å². The van der Waals surface area contributed by atoms with E-state index in [2.05, 4.69) is 25.6 Å². The fourth-order valence-corrected chi connectivity index (χ4v) is 4.41. The summed E-state index contributed by atoms with van der Waals surface area (Å²) in [4.78, 5) is 35.7. The molecule has 12 heteroatoms. The fourth-order valence-electron chi connectivity index (χ4n) is 3.58. The third kappa shape index (κ3) is 5.97. The van der Waals surface area contributed by atoms with Gasteiger partial charge < -0.3 is 15.6 Å². The summed E-state index contributed by atoms with van der Waals surface area (Å²) in [7, 11) is 0. The van der Waals surface area contributed by atoms with Crippen LogP contribution in [0.1, 0.15) is 16.7 Å². The molecule has 0 saturated carbocycles. The van der Waals surface area contributed by atoms with Gasteiger partial charge in [-0.1, -0.05) is 17.7 Å². The van der Waals surface area contributed by atoms with Gasteiger partial charge >= 0.3 is 12.2 Å². The van der Waals surface area contributed by atoms with Gasteiger partial charge in [-0.15, -0.1) is 11.8 Å². The van der Waals surface area contributed by atoms with E-state index < -0.39 is 22.8 Å². The minimum absolute atomic E-state index is 0.0360. The zero-order valence-corrected chi connectivity index (χ0v) is 20.3. The van der Waals surface area contributed by atoms with Crippen LogP contribution in [0.2, 0.25) is 5.02 Å². The first-order valence-electron chi connectivity index (χ1n) is 10.6. The Bertz CT molecular complexity index is 1490. The Labute approximate surface area is 212 Å². The van der Waals surface area contributed by atoms with Crippen LogP contribution >= 0.6 is 23.4 Å². The van der Waals surface area contributed by atoms with Crippen molar-refractivity contribution in [1.29, 1.82) is 0 Å². The largest absolute Gasteiger partial charge is 0.417 e. The quantitative estimate of drug-likeness (QED) is 0.258. The number of nitrogens with one attached hydrogen (secondary N) is 3. The van der Waals surface area contributed by atoms with Crippen LogP contribution in [0.4, 0.5) is 29.3 Å². The molecule has 0 saturated heterocycles. The lowest BCUT2D eigenvalue weighted by molar-refractivity contribution is -0.137. The molecule has 0 aliphatic rings. The van der Waals surface area contributed by atoms with Crippen molar-refractivity contribution in [3.8, 4) is 0 Å². The van der Waals surface area contributed by atoms with Gasteiger partial charge in [0.1, 0.15) is 5.52 Å². The zero-order chi connectivity index (χ0) is 25.9. The molecule has 2 amide bonds. The highest BCUT2D eigenvalue weighted by atomic mass is 35.5. The molecule has 0 radical (unpaired) electrons. The standard InChI is InChI=1S/C24H19ClF3N5O2S/c1-36-19-10-13(2-4-14-8-9-29-22-21(14)30-12-20(34)33-22)3-7-18(19)32-23(35)31-15-5-6-17(25)16(11-15)24(26,27)28/h3,5-12H,2,4H2,1H3,(H,29,33,34)(H2,31,32,35). The number of rotatable bonds is 6. The monoisotopic (exact) mass is 533 g/mol. The Morgan fingerprint density at radius 3 is 2.64 bits per heavy atom. The smallest absolute Gasteiger partial charge is 0.308 e. The van der Waals surface area contributed by atoms with Crippen LogP contribution in [0.15, 0.2) is 64.5 Å². The summed E-state index contributed by atoms with van der Waals surface area (Å²) in [6.07, 6.45) is 1.38. The third-order valence-electron chi connectivity index (χ3n) is 5.29. The number of halogens is 4. The van der Waals surface area contributed by atoms with E-state index in [1.807, 2.05) is 24.5 Å². The normalized spacial score (nSPS) is 11.5. The minimum Gasteiger partial charge on any atom is -0.308 e. The summed E-state index contributed by atoms with van der Waals surface area (Å²) >= 11 is 7.05. The summed E-state index contributed by atoms with van der Waals surface area (Å²) in [6.45, 7) is 0. The number of anilines is 2. The van der Waals surface area contributed by atoms with Crippen molar-refractivity contribution < 1.29 is 18.0 Å².